The fraction of sp³-hybridized carbons (Fsp3) is 0.333. The zero-order valence-electron chi connectivity index (χ0n) is 10.3. The number of fused-ring (bicyclic) bond motifs is 1. The Hall–Kier alpha value is -2.06. The van der Waals surface area contributed by atoms with Crippen LogP contribution in [0.25, 0.3) is 0 Å². The van der Waals surface area contributed by atoms with E-state index >= 15 is 0 Å². The molecule has 2 aliphatic rings. The van der Waals surface area contributed by atoms with Gasteiger partial charge in [-0.25, -0.2) is 4.79 Å². The molecule has 1 atom stereocenters. The molecule has 1 amide bonds. The number of ether oxygens (including phenoxy) is 1. The number of benzene rings is 1. The molecule has 0 radical (unpaired) electrons. The van der Waals surface area contributed by atoms with Gasteiger partial charge in [-0.15, -0.1) is 0 Å². The second-order valence-electron chi connectivity index (χ2n) is 4.61. The molecule has 1 unspecified atom stereocenters. The van der Waals surface area contributed by atoms with Crippen LogP contribution in [0.3, 0.4) is 0 Å². The molecule has 1 fully saturated rings. The van der Waals surface area contributed by atoms with Crippen LogP contribution in [0.5, 0.6) is 0 Å². The molecule has 104 valence electrons. The third-order valence-electron chi connectivity index (χ3n) is 3.30. The molecule has 7 nitrogen and oxygen atoms in total. The summed E-state index contributed by atoms with van der Waals surface area (Å²) < 4.78 is 13.2. The first-order valence-corrected chi connectivity index (χ1v) is 6.70. The Balaban J connectivity index is 1.83. The van der Waals surface area contributed by atoms with Gasteiger partial charge >= 0.3 is 5.97 Å². The SMILES string of the molecule is O=C(NC1(C(=O)O)CCOC1)c1ccc2c(c1)N=S=N2. The summed E-state index contributed by atoms with van der Waals surface area (Å²) in [6.07, 6.45) is 0.259. The van der Waals surface area contributed by atoms with Crippen molar-refractivity contribution < 1.29 is 19.4 Å². The van der Waals surface area contributed by atoms with Crippen LogP contribution < -0.4 is 5.32 Å². The van der Waals surface area contributed by atoms with Crippen LogP contribution in [0.1, 0.15) is 16.8 Å². The fourth-order valence-corrected chi connectivity index (χ4v) is 2.62. The van der Waals surface area contributed by atoms with Crippen molar-refractivity contribution in [1.29, 1.82) is 0 Å². The minimum Gasteiger partial charge on any atom is -0.479 e. The van der Waals surface area contributed by atoms with Crippen molar-refractivity contribution in [2.75, 3.05) is 13.2 Å². The Bertz CT molecular complexity index is 661. The third kappa shape index (κ3) is 2.12. The van der Waals surface area contributed by atoms with E-state index in [-0.39, 0.29) is 13.0 Å². The van der Waals surface area contributed by atoms with Crippen LogP contribution in [0.15, 0.2) is 26.9 Å². The molecular weight excluding hydrogens is 282 g/mol. The van der Waals surface area contributed by atoms with Crippen LogP contribution in [0.4, 0.5) is 11.4 Å². The van der Waals surface area contributed by atoms with Gasteiger partial charge in [0.1, 0.15) is 11.4 Å². The largest absolute Gasteiger partial charge is 0.479 e. The van der Waals surface area contributed by atoms with Crippen molar-refractivity contribution in [3.63, 3.8) is 0 Å². The summed E-state index contributed by atoms with van der Waals surface area (Å²) in [4.78, 5) is 23.5. The van der Waals surface area contributed by atoms with Gasteiger partial charge in [0.2, 0.25) is 0 Å². The molecule has 0 aromatic heterocycles. The van der Waals surface area contributed by atoms with E-state index in [1.54, 1.807) is 18.2 Å². The highest BCUT2D eigenvalue weighted by Gasteiger charge is 2.44. The first-order valence-electron chi connectivity index (χ1n) is 5.97. The maximum absolute atomic E-state index is 12.2. The van der Waals surface area contributed by atoms with Crippen LogP contribution in [0.2, 0.25) is 0 Å². The maximum Gasteiger partial charge on any atom is 0.331 e. The van der Waals surface area contributed by atoms with Crippen LogP contribution in [-0.2, 0) is 20.9 Å². The number of hydrogen-bond acceptors (Lipinski definition) is 5. The van der Waals surface area contributed by atoms with Crippen LogP contribution in [0, 0.1) is 0 Å². The maximum atomic E-state index is 12.2. The van der Waals surface area contributed by atoms with Crippen molar-refractivity contribution in [2.45, 2.75) is 12.0 Å². The minimum atomic E-state index is -1.34. The Kier molecular flexibility index (Phi) is 3.11. The lowest BCUT2D eigenvalue weighted by Crippen LogP contribution is -2.55. The topological polar surface area (TPSA) is 100 Å². The molecule has 20 heavy (non-hydrogen) atoms. The minimum absolute atomic E-state index is 0.0193. The summed E-state index contributed by atoms with van der Waals surface area (Å²) in [6.45, 7) is 0.302. The Morgan fingerprint density at radius 3 is 2.85 bits per heavy atom. The molecule has 0 saturated carbocycles. The number of amides is 1. The summed E-state index contributed by atoms with van der Waals surface area (Å²) in [5.41, 5.74) is 0.350. The molecule has 0 spiro atoms. The Morgan fingerprint density at radius 2 is 2.15 bits per heavy atom. The average Bonchev–Trinajstić information content (AvgIpc) is 3.06. The number of nitrogens with zero attached hydrogens (tertiary/aromatic N) is 2. The van der Waals surface area contributed by atoms with Crippen LogP contribution in [-0.4, -0.2) is 35.7 Å². The van der Waals surface area contributed by atoms with E-state index in [0.717, 1.165) is 11.4 Å². The van der Waals surface area contributed by atoms with Crippen molar-refractivity contribution in [3.8, 4) is 0 Å². The summed E-state index contributed by atoms with van der Waals surface area (Å²) in [5.74, 6) is -1.53. The lowest BCUT2D eigenvalue weighted by Gasteiger charge is -2.23. The smallest absolute Gasteiger partial charge is 0.331 e. The highest BCUT2D eigenvalue weighted by Crippen LogP contribution is 2.32. The van der Waals surface area contributed by atoms with Crippen molar-refractivity contribution >= 4 is 34.6 Å². The van der Waals surface area contributed by atoms with Crippen molar-refractivity contribution in [1.82, 2.24) is 5.32 Å². The number of carbonyl (C=O) groups excluding carboxylic acids is 1. The summed E-state index contributed by atoms with van der Waals surface area (Å²) in [5, 5.41) is 11.8. The molecule has 2 aliphatic heterocycles. The van der Waals surface area contributed by atoms with Gasteiger partial charge in [-0.2, -0.15) is 8.73 Å². The van der Waals surface area contributed by atoms with Gasteiger partial charge in [-0.3, -0.25) is 4.79 Å². The van der Waals surface area contributed by atoms with Crippen LogP contribution >= 0.6 is 0 Å². The molecule has 0 aliphatic carbocycles. The second kappa shape index (κ2) is 4.80. The number of carbonyl (C=O) groups is 2. The van der Waals surface area contributed by atoms with E-state index in [2.05, 4.69) is 14.0 Å². The number of aliphatic carboxylic acids is 1. The quantitative estimate of drug-likeness (QED) is 0.892. The molecule has 1 saturated heterocycles. The molecule has 1 aromatic carbocycles. The van der Waals surface area contributed by atoms with Crippen molar-refractivity contribution in [3.05, 3.63) is 23.8 Å². The average molecular weight is 293 g/mol. The fourth-order valence-electron chi connectivity index (χ4n) is 2.10. The van der Waals surface area contributed by atoms with Gasteiger partial charge < -0.3 is 15.2 Å². The highest BCUT2D eigenvalue weighted by atomic mass is 32.1. The standard InChI is InChI=1S/C12H11N3O4S/c16-10(13-12(11(17)18)3-4-19-6-12)7-1-2-8-9(5-7)15-20-14-8/h1-2,5H,3-4,6H2,(H,13,16)(H,17,18). The predicted octanol–water partition coefficient (Wildman–Crippen LogP) is 1.39. The summed E-state index contributed by atoms with van der Waals surface area (Å²) in [7, 11) is 0. The molecule has 2 N–H and O–H groups in total. The lowest BCUT2D eigenvalue weighted by molar-refractivity contribution is -0.144. The van der Waals surface area contributed by atoms with E-state index < -0.39 is 17.4 Å². The monoisotopic (exact) mass is 293 g/mol. The van der Waals surface area contributed by atoms with E-state index in [9.17, 15) is 14.7 Å². The van der Waals surface area contributed by atoms with Gasteiger partial charge in [-0.1, -0.05) is 0 Å². The molecule has 0 bridgehead atoms. The van der Waals surface area contributed by atoms with Gasteiger partial charge in [0.25, 0.3) is 5.91 Å². The van der Waals surface area contributed by atoms with Gasteiger partial charge in [0.15, 0.2) is 5.54 Å². The van der Waals surface area contributed by atoms with E-state index in [0.29, 0.717) is 23.5 Å². The van der Waals surface area contributed by atoms with E-state index in [1.807, 2.05) is 0 Å². The van der Waals surface area contributed by atoms with E-state index in [4.69, 9.17) is 4.74 Å². The number of carboxylic acids is 1. The molecular formula is C12H11N3O4S. The molecule has 2 heterocycles. The Morgan fingerprint density at radius 1 is 1.35 bits per heavy atom. The van der Waals surface area contributed by atoms with Gasteiger partial charge in [-0.05, 0) is 18.2 Å². The molecule has 1 aromatic rings. The highest BCUT2D eigenvalue weighted by molar-refractivity contribution is 7.58. The second-order valence-corrected chi connectivity index (χ2v) is 5.14. The third-order valence-corrected chi connectivity index (χ3v) is 3.86. The normalized spacial score (nSPS) is 23.2. The number of hydrogen-bond donors (Lipinski definition) is 2. The first kappa shape index (κ1) is 12.9. The van der Waals surface area contributed by atoms with Gasteiger partial charge in [0, 0.05) is 18.6 Å². The predicted molar refractivity (Wildman–Crippen MR) is 71.3 cm³/mol. The van der Waals surface area contributed by atoms with Crippen molar-refractivity contribution in [2.24, 2.45) is 8.73 Å². The summed E-state index contributed by atoms with van der Waals surface area (Å²) in [6, 6.07) is 4.89. The lowest BCUT2D eigenvalue weighted by atomic mass is 9.98. The number of rotatable bonds is 3. The van der Waals surface area contributed by atoms with Gasteiger partial charge in [0.05, 0.1) is 18.0 Å². The summed E-state index contributed by atoms with van der Waals surface area (Å²) >= 11 is 1.06. The zero-order valence-corrected chi connectivity index (χ0v) is 11.1. The van der Waals surface area contributed by atoms with E-state index in [1.165, 1.54) is 0 Å². The molecule has 8 heteroatoms. The first-order chi connectivity index (χ1) is 9.61. The number of carboxylic acid groups (broad SMARTS) is 1. The number of nitrogens with one attached hydrogen (secondary N) is 1. The molecule has 3 rings (SSSR count). The zero-order chi connectivity index (χ0) is 14.2. The Labute approximate surface area is 117 Å².